The van der Waals surface area contributed by atoms with Gasteiger partial charge in [-0.15, -0.1) is 0 Å². The third kappa shape index (κ3) is 7.72. The van der Waals surface area contributed by atoms with Crippen LogP contribution in [-0.2, 0) is 16.1 Å². The van der Waals surface area contributed by atoms with Crippen LogP contribution in [0.2, 0.25) is 0 Å². The SMILES string of the molecule is CCC(C)c1ccccc1NC(=O)[C@H](CCCNC(=O)OCc1ccccc1)NC(=O)c1cc2ccccc2[nH]1. The maximum atomic E-state index is 13.5. The number of para-hydroxylation sites is 2. The highest BCUT2D eigenvalue weighted by molar-refractivity contribution is 6.02. The molecule has 3 aromatic carbocycles. The smallest absolute Gasteiger partial charge is 0.407 e. The fourth-order valence-corrected chi connectivity index (χ4v) is 4.45. The van der Waals surface area contributed by atoms with Crippen LogP contribution in [0.5, 0.6) is 0 Å². The minimum atomic E-state index is -0.814. The lowest BCUT2D eigenvalue weighted by molar-refractivity contribution is -0.118. The highest BCUT2D eigenvalue weighted by Gasteiger charge is 2.23. The minimum absolute atomic E-state index is 0.174. The molecule has 0 saturated carbocycles. The van der Waals surface area contributed by atoms with E-state index in [0.717, 1.165) is 34.1 Å². The fraction of sp³-hybridized carbons (Fsp3) is 0.281. The first-order valence-corrected chi connectivity index (χ1v) is 13.7. The fourth-order valence-electron chi connectivity index (χ4n) is 4.45. The van der Waals surface area contributed by atoms with E-state index in [1.807, 2.05) is 78.9 Å². The Morgan fingerprint density at radius 3 is 2.42 bits per heavy atom. The van der Waals surface area contributed by atoms with E-state index >= 15 is 0 Å². The molecule has 1 unspecified atom stereocenters. The minimum Gasteiger partial charge on any atom is -0.445 e. The van der Waals surface area contributed by atoms with Gasteiger partial charge in [0.1, 0.15) is 18.3 Å². The number of benzene rings is 3. The van der Waals surface area contributed by atoms with Crippen LogP contribution in [0.25, 0.3) is 10.9 Å². The van der Waals surface area contributed by atoms with Gasteiger partial charge in [0.25, 0.3) is 5.91 Å². The molecular formula is C32H36N4O4. The summed E-state index contributed by atoms with van der Waals surface area (Å²) >= 11 is 0. The molecule has 4 N–H and O–H groups in total. The van der Waals surface area contributed by atoms with Crippen molar-refractivity contribution >= 4 is 34.5 Å². The van der Waals surface area contributed by atoms with E-state index in [2.05, 4.69) is 34.8 Å². The Hall–Kier alpha value is -4.59. The number of ether oxygens (including phenoxy) is 1. The van der Waals surface area contributed by atoms with Gasteiger partial charge in [-0.2, -0.15) is 0 Å². The number of H-pyrrole nitrogens is 1. The summed E-state index contributed by atoms with van der Waals surface area (Å²) in [6.07, 6.45) is 1.18. The number of aromatic amines is 1. The lowest BCUT2D eigenvalue weighted by Crippen LogP contribution is -2.44. The molecule has 1 aromatic heterocycles. The molecule has 0 aliphatic carbocycles. The molecular weight excluding hydrogens is 504 g/mol. The summed E-state index contributed by atoms with van der Waals surface area (Å²) in [5, 5.41) is 9.54. The second-order valence-electron chi connectivity index (χ2n) is 9.81. The highest BCUT2D eigenvalue weighted by Crippen LogP contribution is 2.26. The summed E-state index contributed by atoms with van der Waals surface area (Å²) in [5.74, 6) is -0.421. The molecule has 208 valence electrons. The monoisotopic (exact) mass is 540 g/mol. The Labute approximate surface area is 234 Å². The van der Waals surface area contributed by atoms with E-state index in [-0.39, 0.29) is 24.3 Å². The van der Waals surface area contributed by atoms with Crippen LogP contribution in [0.1, 0.15) is 60.6 Å². The molecule has 0 fully saturated rings. The Morgan fingerprint density at radius 2 is 1.65 bits per heavy atom. The average Bonchev–Trinajstić information content (AvgIpc) is 3.42. The molecule has 0 saturated heterocycles. The van der Waals surface area contributed by atoms with Crippen LogP contribution in [0.4, 0.5) is 10.5 Å². The Bertz CT molecular complexity index is 1400. The molecule has 8 heteroatoms. The van der Waals surface area contributed by atoms with Gasteiger partial charge in [0, 0.05) is 23.1 Å². The van der Waals surface area contributed by atoms with Gasteiger partial charge in [-0.3, -0.25) is 9.59 Å². The molecule has 0 aliphatic heterocycles. The number of aromatic nitrogens is 1. The normalized spacial score (nSPS) is 12.3. The zero-order valence-corrected chi connectivity index (χ0v) is 22.9. The maximum absolute atomic E-state index is 13.5. The van der Waals surface area contributed by atoms with Crippen molar-refractivity contribution in [3.8, 4) is 0 Å². The Balaban J connectivity index is 1.39. The van der Waals surface area contributed by atoms with Gasteiger partial charge >= 0.3 is 6.09 Å². The number of anilines is 1. The third-order valence-electron chi connectivity index (χ3n) is 6.91. The van der Waals surface area contributed by atoms with Crippen molar-refractivity contribution in [3.05, 3.63) is 102 Å². The molecule has 4 rings (SSSR count). The number of alkyl carbamates (subject to hydrolysis) is 1. The van der Waals surface area contributed by atoms with Crippen molar-refractivity contribution in [2.24, 2.45) is 0 Å². The van der Waals surface area contributed by atoms with Crippen molar-refractivity contribution in [3.63, 3.8) is 0 Å². The second kappa shape index (κ2) is 14.0. The molecule has 1 heterocycles. The molecule has 0 radical (unpaired) electrons. The first-order valence-electron chi connectivity index (χ1n) is 13.7. The molecule has 3 amide bonds. The molecule has 2 atom stereocenters. The highest BCUT2D eigenvalue weighted by atomic mass is 16.5. The predicted molar refractivity (Wildman–Crippen MR) is 157 cm³/mol. The second-order valence-corrected chi connectivity index (χ2v) is 9.81. The number of nitrogens with one attached hydrogen (secondary N) is 4. The predicted octanol–water partition coefficient (Wildman–Crippen LogP) is 6.13. The Morgan fingerprint density at radius 1 is 0.925 bits per heavy atom. The molecule has 0 aliphatic rings. The number of amides is 3. The first kappa shape index (κ1) is 28.4. The topological polar surface area (TPSA) is 112 Å². The van der Waals surface area contributed by atoms with Crippen molar-refractivity contribution in [2.75, 3.05) is 11.9 Å². The quantitative estimate of drug-likeness (QED) is 0.162. The van der Waals surface area contributed by atoms with E-state index in [1.165, 1.54) is 0 Å². The third-order valence-corrected chi connectivity index (χ3v) is 6.91. The van der Waals surface area contributed by atoms with Gasteiger partial charge in [-0.05, 0) is 54.5 Å². The van der Waals surface area contributed by atoms with Gasteiger partial charge in [-0.25, -0.2) is 4.79 Å². The summed E-state index contributed by atoms with van der Waals surface area (Å²) in [5.41, 5.74) is 3.89. The van der Waals surface area contributed by atoms with Crippen molar-refractivity contribution in [1.82, 2.24) is 15.6 Å². The van der Waals surface area contributed by atoms with E-state index in [9.17, 15) is 14.4 Å². The van der Waals surface area contributed by atoms with E-state index in [0.29, 0.717) is 25.1 Å². The van der Waals surface area contributed by atoms with Crippen LogP contribution >= 0.6 is 0 Å². The van der Waals surface area contributed by atoms with Gasteiger partial charge in [0.2, 0.25) is 5.91 Å². The van der Waals surface area contributed by atoms with Crippen molar-refractivity contribution in [1.29, 1.82) is 0 Å². The number of hydrogen-bond acceptors (Lipinski definition) is 4. The number of carbonyl (C=O) groups excluding carboxylic acids is 3. The van der Waals surface area contributed by atoms with Crippen LogP contribution in [0.15, 0.2) is 84.9 Å². The lowest BCUT2D eigenvalue weighted by atomic mass is 9.96. The number of carbonyl (C=O) groups is 3. The number of rotatable bonds is 12. The first-order chi connectivity index (χ1) is 19.4. The average molecular weight is 541 g/mol. The van der Waals surface area contributed by atoms with Crippen molar-refractivity contribution < 1.29 is 19.1 Å². The number of fused-ring (bicyclic) bond motifs is 1. The Kier molecular flexibility index (Phi) is 9.93. The van der Waals surface area contributed by atoms with E-state index in [4.69, 9.17) is 4.74 Å². The summed E-state index contributed by atoms with van der Waals surface area (Å²) in [7, 11) is 0. The van der Waals surface area contributed by atoms with E-state index < -0.39 is 12.1 Å². The molecule has 0 bridgehead atoms. The molecule has 40 heavy (non-hydrogen) atoms. The van der Waals surface area contributed by atoms with Gasteiger partial charge in [0.15, 0.2) is 0 Å². The van der Waals surface area contributed by atoms with Crippen LogP contribution in [-0.4, -0.2) is 35.5 Å². The molecule has 8 nitrogen and oxygen atoms in total. The summed E-state index contributed by atoms with van der Waals surface area (Å²) < 4.78 is 5.26. The summed E-state index contributed by atoms with van der Waals surface area (Å²) in [6.45, 7) is 4.68. The maximum Gasteiger partial charge on any atom is 0.407 e. The summed E-state index contributed by atoms with van der Waals surface area (Å²) in [6, 6.07) is 25.7. The van der Waals surface area contributed by atoms with Crippen LogP contribution in [0.3, 0.4) is 0 Å². The largest absolute Gasteiger partial charge is 0.445 e. The van der Waals surface area contributed by atoms with Crippen LogP contribution < -0.4 is 16.0 Å². The lowest BCUT2D eigenvalue weighted by Gasteiger charge is -2.21. The molecule has 0 spiro atoms. The van der Waals surface area contributed by atoms with E-state index in [1.54, 1.807) is 6.07 Å². The zero-order chi connectivity index (χ0) is 28.3. The van der Waals surface area contributed by atoms with Gasteiger partial charge < -0.3 is 25.7 Å². The van der Waals surface area contributed by atoms with Gasteiger partial charge in [-0.1, -0.05) is 80.6 Å². The molecule has 4 aromatic rings. The summed E-state index contributed by atoms with van der Waals surface area (Å²) in [4.78, 5) is 41.8. The zero-order valence-electron chi connectivity index (χ0n) is 22.9. The van der Waals surface area contributed by atoms with Gasteiger partial charge in [0.05, 0.1) is 0 Å². The number of hydrogen-bond donors (Lipinski definition) is 4. The van der Waals surface area contributed by atoms with Crippen molar-refractivity contribution in [2.45, 2.75) is 51.7 Å². The van der Waals surface area contributed by atoms with Crippen LogP contribution in [0, 0.1) is 0 Å². The standard InChI is InChI=1S/C32H36N4O4/c1-3-22(2)25-15-8-10-17-27(25)35-30(37)28(36-31(38)29-20-24-14-7-9-16-26(24)34-29)18-11-19-33-32(39)40-21-23-12-5-4-6-13-23/h4-10,12-17,20,22,28,34H,3,11,18-19,21H2,1-2H3,(H,33,39)(H,35,37)(H,36,38)/t22?,28-/m0/s1.